The lowest BCUT2D eigenvalue weighted by Crippen LogP contribution is -2.50. The van der Waals surface area contributed by atoms with Crippen LogP contribution in [0.15, 0.2) is 18.7 Å². The summed E-state index contributed by atoms with van der Waals surface area (Å²) < 4.78 is 7.06. The Morgan fingerprint density at radius 1 is 0.879 bits per heavy atom. The molecule has 1 aliphatic rings. The molecule has 2 atom stereocenters. The first-order valence-electron chi connectivity index (χ1n) is 12.6. The zero-order chi connectivity index (χ0) is 25.2. The van der Waals surface area contributed by atoms with Crippen molar-refractivity contribution in [3.8, 4) is 12.0 Å². The highest BCUT2D eigenvalue weighted by Gasteiger charge is 2.38. The maximum atomic E-state index is 6.40. The molecular weight excluding hydrogens is 406 g/mol. The molecule has 0 saturated carbocycles. The molecule has 5 nitrogen and oxygen atoms in total. The van der Waals surface area contributed by atoms with Gasteiger partial charge in [-0.3, -0.25) is 4.58 Å². The first kappa shape index (κ1) is 27.4. The van der Waals surface area contributed by atoms with Gasteiger partial charge in [0.05, 0.1) is 0 Å². The van der Waals surface area contributed by atoms with Crippen LogP contribution in [0.25, 0.3) is 0 Å². The van der Waals surface area contributed by atoms with Gasteiger partial charge in [-0.25, -0.2) is 9.13 Å². The third kappa shape index (κ3) is 8.81. The van der Waals surface area contributed by atoms with Gasteiger partial charge in [-0.2, -0.15) is 4.90 Å². The molecule has 2 N–H and O–H groups in total. The van der Waals surface area contributed by atoms with E-state index in [1.165, 1.54) is 0 Å². The fraction of sp³-hybridized carbons (Fsp3) is 0.786. The van der Waals surface area contributed by atoms with Gasteiger partial charge in [-0.05, 0) is 31.6 Å². The molecule has 1 aromatic heterocycles. The van der Waals surface area contributed by atoms with Crippen molar-refractivity contribution in [2.75, 3.05) is 13.1 Å². The van der Waals surface area contributed by atoms with Crippen molar-refractivity contribution in [2.24, 2.45) is 22.0 Å². The normalized spacial score (nSPS) is 17.3. The Morgan fingerprint density at radius 2 is 1.48 bits per heavy atom. The molecule has 186 valence electrons. The number of aromatic nitrogens is 2. The third-order valence-electron chi connectivity index (χ3n) is 6.36. The molecule has 5 heteroatoms. The average molecular weight is 458 g/mol. The van der Waals surface area contributed by atoms with Crippen LogP contribution in [0.4, 0.5) is 0 Å². The van der Waals surface area contributed by atoms with E-state index in [0.717, 1.165) is 32.5 Å². The smallest absolute Gasteiger partial charge is 0.248 e. The molecule has 0 aliphatic carbocycles. The molecule has 0 bridgehead atoms. The fourth-order valence-corrected chi connectivity index (χ4v) is 4.50. The molecule has 33 heavy (non-hydrogen) atoms. The second kappa shape index (κ2) is 9.82. The van der Waals surface area contributed by atoms with Crippen molar-refractivity contribution in [1.29, 1.82) is 0 Å². The van der Waals surface area contributed by atoms with Crippen molar-refractivity contribution < 1.29 is 9.14 Å². The van der Waals surface area contributed by atoms with Crippen molar-refractivity contribution in [1.82, 2.24) is 9.47 Å². The van der Waals surface area contributed by atoms with Crippen molar-refractivity contribution in [3.05, 3.63) is 18.7 Å². The number of nitrogens with two attached hydrogens (primary N) is 1. The number of hydrogen-bond acceptors (Lipinski definition) is 2. The van der Waals surface area contributed by atoms with Gasteiger partial charge >= 0.3 is 0 Å². The van der Waals surface area contributed by atoms with E-state index in [2.05, 4.69) is 132 Å². The highest BCUT2D eigenvalue weighted by Crippen LogP contribution is 2.39. The Labute approximate surface area is 204 Å². The number of hydrogen-bond donors (Lipinski definition) is 1. The zero-order valence-corrected chi connectivity index (χ0v) is 23.4. The molecule has 0 amide bonds. The minimum Gasteiger partial charge on any atom is -0.325 e. The van der Waals surface area contributed by atoms with Gasteiger partial charge in [-0.15, -0.1) is 0 Å². The summed E-state index contributed by atoms with van der Waals surface area (Å²) in [6.07, 6.45) is 11.0. The molecular formula is C28H51N5+2. The van der Waals surface area contributed by atoms with E-state index in [-0.39, 0.29) is 22.4 Å². The summed E-state index contributed by atoms with van der Waals surface area (Å²) in [5.41, 5.74) is 6.75. The number of nitrogens with zero attached hydrogens (tertiary/aromatic N) is 4. The maximum absolute atomic E-state index is 6.40. The number of imidazole rings is 1. The molecule has 2 heterocycles. The summed E-state index contributed by atoms with van der Waals surface area (Å²) in [5.74, 6) is 3.34. The van der Waals surface area contributed by atoms with Crippen LogP contribution in [0, 0.1) is 28.2 Å². The Morgan fingerprint density at radius 3 is 2.00 bits per heavy atom. The first-order chi connectivity index (χ1) is 14.9. The van der Waals surface area contributed by atoms with Crippen LogP contribution < -0.4 is 10.3 Å². The van der Waals surface area contributed by atoms with Crippen LogP contribution in [-0.4, -0.2) is 45.1 Å². The SMILES string of the molecule is CC(C)(C)CC(n1cc[n+](CC[N+]2=CN(C(CC(C)(C)N)C(C)(C)C)C#CC2)c1)C(C)(C)C. The fourth-order valence-electron chi connectivity index (χ4n) is 4.50. The maximum Gasteiger partial charge on any atom is 0.248 e. The van der Waals surface area contributed by atoms with Crippen molar-refractivity contribution >= 4 is 6.34 Å². The molecule has 0 radical (unpaired) electrons. The van der Waals surface area contributed by atoms with E-state index in [0.29, 0.717) is 11.5 Å². The summed E-state index contributed by atoms with van der Waals surface area (Å²) in [5, 5.41) is 0. The van der Waals surface area contributed by atoms with Gasteiger partial charge in [0.1, 0.15) is 50.2 Å². The Balaban J connectivity index is 2.12. The van der Waals surface area contributed by atoms with E-state index in [1.54, 1.807) is 0 Å². The predicted molar refractivity (Wildman–Crippen MR) is 139 cm³/mol. The minimum atomic E-state index is -0.231. The quantitative estimate of drug-likeness (QED) is 0.456. The molecule has 2 rings (SSSR count). The summed E-state index contributed by atoms with van der Waals surface area (Å²) >= 11 is 0. The lowest BCUT2D eigenvalue weighted by molar-refractivity contribution is -0.721. The molecule has 2 unspecified atom stereocenters. The average Bonchev–Trinajstić information content (AvgIpc) is 3.08. The lowest BCUT2D eigenvalue weighted by Gasteiger charge is -2.36. The van der Waals surface area contributed by atoms with Gasteiger partial charge in [-0.1, -0.05) is 62.3 Å². The van der Waals surface area contributed by atoms with Gasteiger partial charge in [0.25, 0.3) is 0 Å². The topological polar surface area (TPSA) is 41.1 Å². The first-order valence-corrected chi connectivity index (χ1v) is 12.6. The van der Waals surface area contributed by atoms with Gasteiger partial charge in [0.2, 0.25) is 12.7 Å². The van der Waals surface area contributed by atoms with Crippen LogP contribution >= 0.6 is 0 Å². The van der Waals surface area contributed by atoms with E-state index >= 15 is 0 Å². The van der Waals surface area contributed by atoms with Crippen LogP contribution in [0.3, 0.4) is 0 Å². The van der Waals surface area contributed by atoms with Crippen LogP contribution in [0.5, 0.6) is 0 Å². The molecule has 0 aromatic carbocycles. The van der Waals surface area contributed by atoms with E-state index in [1.807, 2.05) is 0 Å². The molecule has 1 aromatic rings. The highest BCUT2D eigenvalue weighted by molar-refractivity contribution is 5.55. The molecule has 0 fully saturated rings. The van der Waals surface area contributed by atoms with Gasteiger partial charge < -0.3 is 5.73 Å². The summed E-state index contributed by atoms with van der Waals surface area (Å²) in [7, 11) is 0. The Kier molecular flexibility index (Phi) is 8.17. The minimum absolute atomic E-state index is 0.0891. The molecule has 1 aliphatic heterocycles. The zero-order valence-electron chi connectivity index (χ0n) is 23.4. The van der Waals surface area contributed by atoms with Crippen LogP contribution in [0.1, 0.15) is 95.0 Å². The van der Waals surface area contributed by atoms with Gasteiger partial charge in [0, 0.05) is 22.8 Å². The van der Waals surface area contributed by atoms with Crippen molar-refractivity contribution in [2.45, 2.75) is 113 Å². The summed E-state index contributed by atoms with van der Waals surface area (Å²) in [4.78, 5) is 2.20. The summed E-state index contributed by atoms with van der Waals surface area (Å²) in [6.45, 7) is 27.7. The Bertz CT molecular complexity index is 869. The van der Waals surface area contributed by atoms with E-state index < -0.39 is 0 Å². The second-order valence-corrected chi connectivity index (χ2v) is 14.1. The molecule has 0 spiro atoms. The van der Waals surface area contributed by atoms with Crippen LogP contribution in [0.2, 0.25) is 0 Å². The monoisotopic (exact) mass is 457 g/mol. The van der Waals surface area contributed by atoms with Gasteiger partial charge in [0.15, 0.2) is 0 Å². The third-order valence-corrected chi connectivity index (χ3v) is 6.36. The van der Waals surface area contributed by atoms with Crippen LogP contribution in [-0.2, 0) is 6.54 Å². The summed E-state index contributed by atoms with van der Waals surface area (Å²) in [6, 6.07) is 4.09. The van der Waals surface area contributed by atoms with E-state index in [9.17, 15) is 0 Å². The largest absolute Gasteiger partial charge is 0.325 e. The predicted octanol–water partition coefficient (Wildman–Crippen LogP) is 4.66. The second-order valence-electron chi connectivity index (χ2n) is 14.1. The van der Waals surface area contributed by atoms with E-state index in [4.69, 9.17) is 5.73 Å². The number of rotatable bonds is 8. The lowest BCUT2D eigenvalue weighted by atomic mass is 9.77. The Hall–Kier alpha value is -1.80. The molecule has 0 saturated heterocycles. The standard InChI is InChI=1S/C28H51N5/c1-25(2,3)19-23(26(4,5)6)33-18-17-31(22-33)16-15-30-13-12-14-32(21-30)24(27(7,8)9)20-28(10,11)29/h17-18,21-24H,13,15-16,19-20,29H2,1-11H3/q+2. The van der Waals surface area contributed by atoms with Crippen molar-refractivity contribution in [3.63, 3.8) is 0 Å². The highest BCUT2D eigenvalue weighted by atomic mass is 15.2.